The minimum atomic E-state index is 0.797. The molecule has 0 aliphatic heterocycles. The van der Waals surface area contributed by atoms with Gasteiger partial charge in [0.15, 0.2) is 0 Å². The maximum atomic E-state index is 5.63. The molecule has 0 radical (unpaired) electrons. The first-order valence-electron chi connectivity index (χ1n) is 5.18. The van der Waals surface area contributed by atoms with Crippen LogP contribution in [0.2, 0.25) is 0 Å². The summed E-state index contributed by atoms with van der Waals surface area (Å²) in [7, 11) is 1.98. The van der Waals surface area contributed by atoms with E-state index in [0.717, 1.165) is 25.7 Å². The van der Waals surface area contributed by atoms with Gasteiger partial charge in [-0.3, -0.25) is 0 Å². The minimum absolute atomic E-state index is 0.797. The number of ether oxygens (including phenoxy) is 1. The van der Waals surface area contributed by atoms with Crippen LogP contribution in [0.1, 0.15) is 22.6 Å². The zero-order valence-corrected chi connectivity index (χ0v) is 9.40. The Bertz CT molecular complexity index is 281. The topological polar surface area (TPSA) is 21.3 Å². The van der Waals surface area contributed by atoms with Crippen LogP contribution in [0.4, 0.5) is 0 Å². The molecule has 1 aliphatic carbocycles. The molecule has 1 aromatic rings. The molecule has 0 spiro atoms. The third kappa shape index (κ3) is 3.08. The van der Waals surface area contributed by atoms with E-state index >= 15 is 0 Å². The van der Waals surface area contributed by atoms with Gasteiger partial charge in [-0.1, -0.05) is 0 Å². The van der Waals surface area contributed by atoms with Gasteiger partial charge in [-0.2, -0.15) is 0 Å². The Balaban J connectivity index is 1.71. The van der Waals surface area contributed by atoms with Crippen LogP contribution in [0.25, 0.3) is 0 Å². The van der Waals surface area contributed by atoms with Crippen molar-refractivity contribution in [2.75, 3.05) is 13.7 Å². The highest BCUT2D eigenvalue weighted by atomic mass is 32.1. The third-order valence-corrected chi connectivity index (χ3v) is 3.42. The van der Waals surface area contributed by atoms with Gasteiger partial charge in [0.05, 0.1) is 6.61 Å². The number of thiophene rings is 1. The fraction of sp³-hybridized carbons (Fsp3) is 0.636. The number of rotatable bonds is 6. The average Bonchev–Trinajstić information content (AvgIpc) is 2.88. The zero-order chi connectivity index (χ0) is 9.80. The summed E-state index contributed by atoms with van der Waals surface area (Å²) in [5.74, 6) is 0.867. The predicted molar refractivity (Wildman–Crippen MR) is 59.5 cm³/mol. The monoisotopic (exact) mass is 211 g/mol. The van der Waals surface area contributed by atoms with Crippen molar-refractivity contribution >= 4 is 11.3 Å². The standard InChI is InChI=1S/C11H17NOS/c1-12-6-10-4-5-11(14-10)8-13-7-9-2-3-9/h4-5,9,12H,2-3,6-8H2,1H3. The Hall–Kier alpha value is -0.380. The van der Waals surface area contributed by atoms with Gasteiger partial charge in [0, 0.05) is 22.9 Å². The molecule has 14 heavy (non-hydrogen) atoms. The summed E-state index contributed by atoms with van der Waals surface area (Å²) in [6.45, 7) is 2.72. The van der Waals surface area contributed by atoms with Crippen molar-refractivity contribution in [2.45, 2.75) is 26.0 Å². The Morgan fingerprint density at radius 3 is 2.93 bits per heavy atom. The number of nitrogens with one attached hydrogen (secondary N) is 1. The highest BCUT2D eigenvalue weighted by molar-refractivity contribution is 7.11. The normalized spacial score (nSPS) is 16.1. The summed E-state index contributed by atoms with van der Waals surface area (Å²) < 4.78 is 5.63. The Labute approximate surface area is 89.3 Å². The zero-order valence-electron chi connectivity index (χ0n) is 8.58. The highest BCUT2D eigenvalue weighted by Crippen LogP contribution is 2.29. The molecule has 78 valence electrons. The second kappa shape index (κ2) is 4.91. The van der Waals surface area contributed by atoms with E-state index in [0.29, 0.717) is 0 Å². The van der Waals surface area contributed by atoms with Crippen molar-refractivity contribution in [2.24, 2.45) is 5.92 Å². The molecule has 1 heterocycles. The van der Waals surface area contributed by atoms with Crippen molar-refractivity contribution in [3.05, 3.63) is 21.9 Å². The molecule has 2 nitrogen and oxygen atoms in total. The van der Waals surface area contributed by atoms with Gasteiger partial charge in [-0.15, -0.1) is 11.3 Å². The first-order chi connectivity index (χ1) is 6.88. The summed E-state index contributed by atoms with van der Waals surface area (Å²) >= 11 is 1.84. The molecule has 1 aliphatic rings. The summed E-state index contributed by atoms with van der Waals surface area (Å²) in [5, 5.41) is 3.15. The molecule has 2 rings (SSSR count). The quantitative estimate of drug-likeness (QED) is 0.780. The van der Waals surface area contributed by atoms with Gasteiger partial charge < -0.3 is 10.1 Å². The maximum absolute atomic E-state index is 5.63. The maximum Gasteiger partial charge on any atom is 0.0809 e. The molecular formula is C11H17NOS. The molecule has 0 amide bonds. The molecule has 1 aromatic heterocycles. The molecule has 0 unspecified atom stereocenters. The molecule has 1 fully saturated rings. The van der Waals surface area contributed by atoms with Crippen LogP contribution in [0.5, 0.6) is 0 Å². The lowest BCUT2D eigenvalue weighted by Gasteiger charge is -1.99. The summed E-state index contributed by atoms with van der Waals surface area (Å²) in [6.07, 6.45) is 2.74. The van der Waals surface area contributed by atoms with Gasteiger partial charge >= 0.3 is 0 Å². The second-order valence-corrected chi connectivity index (χ2v) is 5.11. The molecular weight excluding hydrogens is 194 g/mol. The lowest BCUT2D eigenvalue weighted by molar-refractivity contribution is 0.113. The Morgan fingerprint density at radius 1 is 1.43 bits per heavy atom. The van der Waals surface area contributed by atoms with Crippen molar-refractivity contribution < 1.29 is 4.74 Å². The largest absolute Gasteiger partial charge is 0.376 e. The lowest BCUT2D eigenvalue weighted by atomic mass is 10.4. The summed E-state index contributed by atoms with van der Waals surface area (Å²) in [4.78, 5) is 2.73. The fourth-order valence-electron chi connectivity index (χ4n) is 1.38. The highest BCUT2D eigenvalue weighted by Gasteiger charge is 2.21. The van der Waals surface area contributed by atoms with Crippen molar-refractivity contribution in [1.82, 2.24) is 5.32 Å². The van der Waals surface area contributed by atoms with E-state index in [1.807, 2.05) is 18.4 Å². The predicted octanol–water partition coefficient (Wildman–Crippen LogP) is 2.39. The van der Waals surface area contributed by atoms with E-state index in [1.165, 1.54) is 22.6 Å². The van der Waals surface area contributed by atoms with Gasteiger partial charge in [0.1, 0.15) is 0 Å². The second-order valence-electron chi connectivity index (χ2n) is 3.86. The minimum Gasteiger partial charge on any atom is -0.376 e. The van der Waals surface area contributed by atoms with Crippen LogP contribution in [-0.2, 0) is 17.9 Å². The van der Waals surface area contributed by atoms with Crippen molar-refractivity contribution in [1.29, 1.82) is 0 Å². The first kappa shape index (κ1) is 10.1. The molecule has 1 N–H and O–H groups in total. The number of hydrogen-bond acceptors (Lipinski definition) is 3. The van der Waals surface area contributed by atoms with Crippen LogP contribution >= 0.6 is 11.3 Å². The van der Waals surface area contributed by atoms with Crippen LogP contribution in [0, 0.1) is 5.92 Å². The fourth-order valence-corrected chi connectivity index (χ4v) is 2.35. The van der Waals surface area contributed by atoms with Crippen LogP contribution in [-0.4, -0.2) is 13.7 Å². The van der Waals surface area contributed by atoms with Crippen molar-refractivity contribution in [3.8, 4) is 0 Å². The molecule has 0 saturated heterocycles. The van der Waals surface area contributed by atoms with Gasteiger partial charge in [0.2, 0.25) is 0 Å². The Kier molecular flexibility index (Phi) is 3.56. The molecule has 3 heteroatoms. The van der Waals surface area contributed by atoms with E-state index in [1.54, 1.807) is 0 Å². The van der Waals surface area contributed by atoms with E-state index in [4.69, 9.17) is 4.74 Å². The first-order valence-corrected chi connectivity index (χ1v) is 6.00. The van der Waals surface area contributed by atoms with E-state index in [2.05, 4.69) is 17.4 Å². The van der Waals surface area contributed by atoms with Crippen LogP contribution in [0.3, 0.4) is 0 Å². The van der Waals surface area contributed by atoms with E-state index in [9.17, 15) is 0 Å². The van der Waals surface area contributed by atoms with Crippen LogP contribution < -0.4 is 5.32 Å². The smallest absolute Gasteiger partial charge is 0.0809 e. The molecule has 1 saturated carbocycles. The van der Waals surface area contributed by atoms with Crippen LogP contribution in [0.15, 0.2) is 12.1 Å². The molecule has 0 atom stereocenters. The summed E-state index contributed by atoms with van der Waals surface area (Å²) in [5.41, 5.74) is 0. The van der Waals surface area contributed by atoms with Gasteiger partial charge in [-0.25, -0.2) is 0 Å². The average molecular weight is 211 g/mol. The SMILES string of the molecule is CNCc1ccc(COCC2CC2)s1. The summed E-state index contributed by atoms with van der Waals surface area (Å²) in [6, 6.07) is 4.35. The van der Waals surface area contributed by atoms with E-state index < -0.39 is 0 Å². The molecule has 0 bridgehead atoms. The Morgan fingerprint density at radius 2 is 2.21 bits per heavy atom. The van der Waals surface area contributed by atoms with E-state index in [-0.39, 0.29) is 0 Å². The molecule has 0 aromatic carbocycles. The van der Waals surface area contributed by atoms with Crippen molar-refractivity contribution in [3.63, 3.8) is 0 Å². The van der Waals surface area contributed by atoms with Gasteiger partial charge in [-0.05, 0) is 37.9 Å². The number of hydrogen-bond donors (Lipinski definition) is 1. The third-order valence-electron chi connectivity index (χ3n) is 2.36. The van der Waals surface area contributed by atoms with Gasteiger partial charge in [0.25, 0.3) is 0 Å². The lowest BCUT2D eigenvalue weighted by Crippen LogP contribution is -2.02.